The molecule has 2 N–H and O–H groups in total. The molecule has 4 rings (SSSR count). The van der Waals surface area contributed by atoms with Crippen molar-refractivity contribution in [2.75, 3.05) is 4.90 Å². The van der Waals surface area contributed by atoms with Crippen molar-refractivity contribution in [3.8, 4) is 0 Å². The van der Waals surface area contributed by atoms with E-state index in [-0.39, 0.29) is 5.91 Å². The third kappa shape index (κ3) is 2.53. The minimum absolute atomic E-state index is 0.125. The van der Waals surface area contributed by atoms with E-state index in [0.717, 1.165) is 22.4 Å². The number of para-hydroxylation sites is 1. The second-order valence-corrected chi connectivity index (χ2v) is 6.65. The maximum atomic E-state index is 13.3. The Morgan fingerprint density at radius 1 is 0.880 bits per heavy atom. The van der Waals surface area contributed by atoms with Crippen LogP contribution < -0.4 is 10.6 Å². The monoisotopic (exact) mass is 348 g/mol. The number of nitrogens with zero attached hydrogens (tertiary/aromatic N) is 1. The number of hydrogen-bond donors (Lipinski definition) is 1. The average molecular weight is 349 g/mol. The number of halogens is 1. The van der Waals surface area contributed by atoms with Gasteiger partial charge in [0.05, 0.1) is 12.2 Å². The first-order valence-corrected chi connectivity index (χ1v) is 8.49. The van der Waals surface area contributed by atoms with E-state index >= 15 is 0 Å². The highest BCUT2D eigenvalue weighted by atomic mass is 35.5. The lowest BCUT2D eigenvalue weighted by Gasteiger charge is -2.25. The number of anilines is 1. The summed E-state index contributed by atoms with van der Waals surface area (Å²) in [5, 5.41) is 0.618. The Balaban J connectivity index is 1.82. The van der Waals surface area contributed by atoms with Crippen LogP contribution in [0.5, 0.6) is 0 Å². The van der Waals surface area contributed by atoms with Crippen LogP contribution in [0.4, 0.5) is 5.69 Å². The lowest BCUT2D eigenvalue weighted by Crippen LogP contribution is -2.47. The van der Waals surface area contributed by atoms with E-state index in [9.17, 15) is 4.79 Å². The molecule has 0 saturated heterocycles. The quantitative estimate of drug-likeness (QED) is 0.775. The van der Waals surface area contributed by atoms with Crippen molar-refractivity contribution >= 4 is 23.2 Å². The van der Waals surface area contributed by atoms with Gasteiger partial charge in [0, 0.05) is 10.6 Å². The maximum absolute atomic E-state index is 13.3. The van der Waals surface area contributed by atoms with Crippen LogP contribution in [0.25, 0.3) is 0 Å². The predicted molar refractivity (Wildman–Crippen MR) is 100 cm³/mol. The van der Waals surface area contributed by atoms with E-state index in [2.05, 4.69) is 0 Å². The summed E-state index contributed by atoms with van der Waals surface area (Å²) in [5.74, 6) is -0.125. The number of fused-ring (bicyclic) bond motifs is 1. The number of hydrogen-bond acceptors (Lipinski definition) is 2. The summed E-state index contributed by atoms with van der Waals surface area (Å²) in [6, 6.07) is 24.8. The van der Waals surface area contributed by atoms with Crippen LogP contribution in [-0.2, 0) is 16.9 Å². The first kappa shape index (κ1) is 15.9. The van der Waals surface area contributed by atoms with Gasteiger partial charge in [-0.3, -0.25) is 4.79 Å². The van der Waals surface area contributed by atoms with Crippen LogP contribution in [0, 0.1) is 0 Å². The Morgan fingerprint density at radius 3 is 2.24 bits per heavy atom. The lowest BCUT2D eigenvalue weighted by molar-refractivity contribution is -0.121. The molecule has 1 aliphatic rings. The summed E-state index contributed by atoms with van der Waals surface area (Å²) in [6.07, 6.45) is 0. The van der Waals surface area contributed by atoms with E-state index < -0.39 is 5.54 Å². The molecule has 0 aliphatic carbocycles. The zero-order valence-electron chi connectivity index (χ0n) is 13.5. The van der Waals surface area contributed by atoms with Gasteiger partial charge >= 0.3 is 0 Å². The lowest BCUT2D eigenvalue weighted by atomic mass is 9.85. The summed E-state index contributed by atoms with van der Waals surface area (Å²) in [6.45, 7) is 0.489. The number of amides is 1. The summed E-state index contributed by atoms with van der Waals surface area (Å²) in [5.41, 5.74) is 8.97. The molecule has 25 heavy (non-hydrogen) atoms. The fourth-order valence-electron chi connectivity index (χ4n) is 3.39. The van der Waals surface area contributed by atoms with Gasteiger partial charge in [0.15, 0.2) is 0 Å². The molecule has 0 fully saturated rings. The van der Waals surface area contributed by atoms with Crippen LogP contribution in [0.2, 0.25) is 5.02 Å². The van der Waals surface area contributed by atoms with Gasteiger partial charge in [-0.1, -0.05) is 72.3 Å². The van der Waals surface area contributed by atoms with Gasteiger partial charge in [0.25, 0.3) is 5.91 Å². The summed E-state index contributed by atoms with van der Waals surface area (Å²) < 4.78 is 0. The fourth-order valence-corrected chi connectivity index (χ4v) is 3.52. The third-order valence-electron chi connectivity index (χ3n) is 4.69. The normalized spacial score (nSPS) is 19.1. The summed E-state index contributed by atoms with van der Waals surface area (Å²) in [7, 11) is 0. The molecule has 0 radical (unpaired) electrons. The molecule has 0 spiro atoms. The molecule has 124 valence electrons. The Bertz CT molecular complexity index is 924. The van der Waals surface area contributed by atoms with Crippen LogP contribution in [0.3, 0.4) is 0 Å². The second kappa shape index (κ2) is 6.03. The highest BCUT2D eigenvalue weighted by Gasteiger charge is 2.49. The molecule has 1 aliphatic heterocycles. The molecular formula is C21H17ClN2O. The SMILES string of the molecule is N[C@]1(c2ccc(Cl)cc2)C(=O)N(Cc2ccccc2)c2ccccc21. The van der Waals surface area contributed by atoms with Crippen molar-refractivity contribution in [1.29, 1.82) is 0 Å². The largest absolute Gasteiger partial charge is 0.310 e. The van der Waals surface area contributed by atoms with Gasteiger partial charge in [-0.2, -0.15) is 0 Å². The molecule has 3 nitrogen and oxygen atoms in total. The fraction of sp³-hybridized carbons (Fsp3) is 0.0952. The Kier molecular flexibility index (Phi) is 3.83. The van der Waals surface area contributed by atoms with Gasteiger partial charge in [0.2, 0.25) is 0 Å². The molecule has 0 aromatic heterocycles. The minimum atomic E-state index is -1.20. The van der Waals surface area contributed by atoms with Crippen molar-refractivity contribution in [3.05, 3.63) is 101 Å². The van der Waals surface area contributed by atoms with Crippen LogP contribution >= 0.6 is 11.6 Å². The highest BCUT2D eigenvalue weighted by molar-refractivity contribution is 6.30. The van der Waals surface area contributed by atoms with E-state index in [1.54, 1.807) is 17.0 Å². The third-order valence-corrected chi connectivity index (χ3v) is 4.94. The van der Waals surface area contributed by atoms with Gasteiger partial charge in [0.1, 0.15) is 5.54 Å². The molecule has 0 bridgehead atoms. The standard InChI is InChI=1S/C21H17ClN2O/c22-17-12-10-16(11-13-17)21(23)18-8-4-5-9-19(18)24(20(21)25)14-15-6-2-1-3-7-15/h1-13H,14,23H2/t21-/m0/s1. The zero-order valence-corrected chi connectivity index (χ0v) is 14.3. The number of carbonyl (C=O) groups excluding carboxylic acids is 1. The highest BCUT2D eigenvalue weighted by Crippen LogP contribution is 2.43. The molecule has 4 heteroatoms. The molecule has 0 unspecified atom stereocenters. The van der Waals surface area contributed by atoms with Crippen molar-refractivity contribution in [1.82, 2.24) is 0 Å². The minimum Gasteiger partial charge on any atom is -0.310 e. The van der Waals surface area contributed by atoms with Crippen molar-refractivity contribution in [2.45, 2.75) is 12.1 Å². The van der Waals surface area contributed by atoms with E-state index in [1.807, 2.05) is 66.7 Å². The Hall–Kier alpha value is -2.62. The van der Waals surface area contributed by atoms with E-state index in [0.29, 0.717) is 11.6 Å². The van der Waals surface area contributed by atoms with Gasteiger partial charge in [-0.05, 0) is 29.3 Å². The summed E-state index contributed by atoms with van der Waals surface area (Å²) in [4.78, 5) is 15.1. The molecule has 3 aromatic carbocycles. The van der Waals surface area contributed by atoms with Crippen molar-refractivity contribution in [3.63, 3.8) is 0 Å². The Labute approximate surface area is 151 Å². The number of benzene rings is 3. The molecule has 1 heterocycles. The van der Waals surface area contributed by atoms with Crippen LogP contribution in [-0.4, -0.2) is 5.91 Å². The van der Waals surface area contributed by atoms with Crippen molar-refractivity contribution in [2.24, 2.45) is 5.73 Å². The smallest absolute Gasteiger partial charge is 0.256 e. The van der Waals surface area contributed by atoms with Gasteiger partial charge in [-0.25, -0.2) is 0 Å². The first-order chi connectivity index (χ1) is 12.1. The second-order valence-electron chi connectivity index (χ2n) is 6.21. The molecule has 3 aromatic rings. The number of carbonyl (C=O) groups is 1. The van der Waals surface area contributed by atoms with E-state index in [1.165, 1.54) is 0 Å². The molecule has 1 atom stereocenters. The zero-order chi connectivity index (χ0) is 17.4. The summed E-state index contributed by atoms with van der Waals surface area (Å²) >= 11 is 6.00. The van der Waals surface area contributed by atoms with E-state index in [4.69, 9.17) is 17.3 Å². The van der Waals surface area contributed by atoms with Crippen LogP contribution in [0.1, 0.15) is 16.7 Å². The van der Waals surface area contributed by atoms with Crippen LogP contribution in [0.15, 0.2) is 78.9 Å². The van der Waals surface area contributed by atoms with Gasteiger partial charge < -0.3 is 10.6 Å². The van der Waals surface area contributed by atoms with Crippen molar-refractivity contribution < 1.29 is 4.79 Å². The molecular weight excluding hydrogens is 332 g/mol. The predicted octanol–water partition coefficient (Wildman–Crippen LogP) is 4.09. The van der Waals surface area contributed by atoms with Gasteiger partial charge in [-0.15, -0.1) is 0 Å². The first-order valence-electron chi connectivity index (χ1n) is 8.11. The number of rotatable bonds is 3. The average Bonchev–Trinajstić information content (AvgIpc) is 2.86. The number of nitrogens with two attached hydrogens (primary N) is 1. The topological polar surface area (TPSA) is 46.3 Å². The maximum Gasteiger partial charge on any atom is 0.256 e. The Morgan fingerprint density at radius 2 is 1.52 bits per heavy atom. The molecule has 0 saturated carbocycles. The molecule has 1 amide bonds.